The van der Waals surface area contributed by atoms with Crippen molar-refractivity contribution in [3.05, 3.63) is 16.1 Å². The first-order chi connectivity index (χ1) is 8.29. The highest BCUT2D eigenvalue weighted by atomic mass is 32.1. The van der Waals surface area contributed by atoms with Crippen LogP contribution in [0, 0.1) is 0 Å². The summed E-state index contributed by atoms with van der Waals surface area (Å²) < 4.78 is 10.3. The quantitative estimate of drug-likeness (QED) is 0.773. The van der Waals surface area contributed by atoms with Gasteiger partial charge >= 0.3 is 5.97 Å². The number of esters is 1. The number of carbonyl (C=O) groups excluding carboxylic acids is 1. The Morgan fingerprint density at radius 3 is 3.29 bits per heavy atom. The first-order valence-corrected chi connectivity index (χ1v) is 6.85. The summed E-state index contributed by atoms with van der Waals surface area (Å²) in [5, 5.41) is 3.03. The van der Waals surface area contributed by atoms with E-state index in [1.165, 1.54) is 0 Å². The third-order valence-corrected chi connectivity index (χ3v) is 3.77. The molecule has 1 fully saturated rings. The van der Waals surface area contributed by atoms with E-state index >= 15 is 0 Å². The fourth-order valence-electron chi connectivity index (χ4n) is 1.89. The molecule has 0 saturated carbocycles. The molecule has 5 heteroatoms. The van der Waals surface area contributed by atoms with Crippen LogP contribution in [0.1, 0.15) is 36.4 Å². The summed E-state index contributed by atoms with van der Waals surface area (Å²) in [5.41, 5.74) is 0.814. The molecule has 0 aliphatic carbocycles. The van der Waals surface area contributed by atoms with E-state index in [4.69, 9.17) is 9.47 Å². The largest absolute Gasteiger partial charge is 0.466 e. The predicted octanol–water partition coefficient (Wildman–Crippen LogP) is 2.14. The van der Waals surface area contributed by atoms with Gasteiger partial charge in [-0.1, -0.05) is 0 Å². The highest BCUT2D eigenvalue weighted by Gasteiger charge is 2.19. The van der Waals surface area contributed by atoms with Crippen molar-refractivity contribution in [1.82, 2.24) is 4.98 Å². The Balaban J connectivity index is 1.93. The molecule has 0 bridgehead atoms. The molecule has 0 N–H and O–H groups in total. The molecule has 0 spiro atoms. The van der Waals surface area contributed by atoms with Crippen molar-refractivity contribution in [2.75, 3.05) is 19.8 Å². The van der Waals surface area contributed by atoms with Gasteiger partial charge in [0.05, 0.1) is 30.3 Å². The van der Waals surface area contributed by atoms with Crippen molar-refractivity contribution in [3.63, 3.8) is 0 Å². The van der Waals surface area contributed by atoms with Crippen molar-refractivity contribution in [3.8, 4) is 0 Å². The smallest absolute Gasteiger partial charge is 0.311 e. The van der Waals surface area contributed by atoms with Crippen molar-refractivity contribution in [2.24, 2.45) is 0 Å². The maximum Gasteiger partial charge on any atom is 0.311 e. The minimum Gasteiger partial charge on any atom is -0.466 e. The van der Waals surface area contributed by atoms with E-state index in [9.17, 15) is 4.79 Å². The molecule has 1 aliphatic rings. The molecule has 4 nitrogen and oxygen atoms in total. The molecule has 1 aromatic rings. The van der Waals surface area contributed by atoms with Gasteiger partial charge in [0, 0.05) is 17.9 Å². The third kappa shape index (κ3) is 3.51. The lowest BCUT2D eigenvalue weighted by Gasteiger charge is -2.19. The molecule has 2 heterocycles. The fourth-order valence-corrected chi connectivity index (χ4v) is 2.83. The van der Waals surface area contributed by atoms with E-state index < -0.39 is 0 Å². The number of carbonyl (C=O) groups is 1. The van der Waals surface area contributed by atoms with E-state index in [1.807, 2.05) is 12.3 Å². The molecule has 17 heavy (non-hydrogen) atoms. The number of hydrogen-bond acceptors (Lipinski definition) is 5. The van der Waals surface area contributed by atoms with E-state index in [2.05, 4.69) is 4.98 Å². The lowest BCUT2D eigenvalue weighted by molar-refractivity contribution is -0.142. The summed E-state index contributed by atoms with van der Waals surface area (Å²) in [7, 11) is 0. The predicted molar refractivity (Wildman–Crippen MR) is 65.2 cm³/mol. The van der Waals surface area contributed by atoms with Crippen LogP contribution >= 0.6 is 11.3 Å². The summed E-state index contributed by atoms with van der Waals surface area (Å²) in [6.45, 7) is 3.85. The molecule has 1 saturated heterocycles. The fraction of sp³-hybridized carbons (Fsp3) is 0.667. The highest BCUT2D eigenvalue weighted by Crippen LogP contribution is 2.28. The maximum atomic E-state index is 11.3. The standard InChI is InChI=1S/C12H17NO3S/c1-2-16-11(14)6-10-8-17-12(13-10)9-4-3-5-15-7-9/h8-9H,2-7H2,1H3. The van der Waals surface area contributed by atoms with Crippen LogP contribution in [0.3, 0.4) is 0 Å². The molecule has 1 unspecified atom stereocenters. The zero-order valence-corrected chi connectivity index (χ0v) is 10.8. The minimum atomic E-state index is -0.204. The van der Waals surface area contributed by atoms with Gasteiger partial charge in [-0.2, -0.15) is 0 Å². The minimum absolute atomic E-state index is 0.204. The Hall–Kier alpha value is -0.940. The first-order valence-electron chi connectivity index (χ1n) is 5.97. The van der Waals surface area contributed by atoms with Crippen LogP contribution in [0.2, 0.25) is 0 Å². The molecular formula is C12H17NO3S. The van der Waals surface area contributed by atoms with Crippen LogP contribution in [0.15, 0.2) is 5.38 Å². The Morgan fingerprint density at radius 1 is 1.71 bits per heavy atom. The van der Waals surface area contributed by atoms with E-state index in [0.717, 1.165) is 36.8 Å². The topological polar surface area (TPSA) is 48.4 Å². The molecule has 0 radical (unpaired) electrons. The van der Waals surface area contributed by atoms with Gasteiger partial charge in [0.2, 0.25) is 0 Å². The lowest BCUT2D eigenvalue weighted by atomic mass is 10.0. The second-order valence-corrected chi connectivity index (χ2v) is 4.96. The zero-order valence-electron chi connectivity index (χ0n) is 9.98. The molecule has 0 amide bonds. The van der Waals surface area contributed by atoms with Crippen molar-refractivity contribution < 1.29 is 14.3 Å². The van der Waals surface area contributed by atoms with Crippen LogP contribution in [-0.2, 0) is 20.7 Å². The van der Waals surface area contributed by atoms with E-state index in [0.29, 0.717) is 12.5 Å². The molecule has 1 aliphatic heterocycles. The molecule has 1 atom stereocenters. The average molecular weight is 255 g/mol. The monoisotopic (exact) mass is 255 g/mol. The van der Waals surface area contributed by atoms with Crippen molar-refractivity contribution in [2.45, 2.75) is 32.1 Å². The van der Waals surface area contributed by atoms with Gasteiger partial charge in [0.15, 0.2) is 0 Å². The van der Waals surface area contributed by atoms with Gasteiger partial charge in [0.1, 0.15) is 0 Å². The number of thiazole rings is 1. The summed E-state index contributed by atoms with van der Waals surface area (Å²) in [6, 6.07) is 0. The summed E-state index contributed by atoms with van der Waals surface area (Å²) in [4.78, 5) is 15.8. The van der Waals surface area contributed by atoms with Gasteiger partial charge < -0.3 is 9.47 Å². The first kappa shape index (κ1) is 12.5. The Kier molecular flexibility index (Phi) is 4.50. The molecule has 1 aromatic heterocycles. The number of aromatic nitrogens is 1. The van der Waals surface area contributed by atoms with Crippen LogP contribution in [0.4, 0.5) is 0 Å². The zero-order chi connectivity index (χ0) is 12.1. The molecule has 2 rings (SSSR count). The van der Waals surface area contributed by atoms with E-state index in [-0.39, 0.29) is 12.4 Å². The van der Waals surface area contributed by atoms with Gasteiger partial charge in [-0.25, -0.2) is 4.98 Å². The normalized spacial score (nSPS) is 20.2. The summed E-state index contributed by atoms with van der Waals surface area (Å²) >= 11 is 1.62. The summed E-state index contributed by atoms with van der Waals surface area (Å²) in [5.74, 6) is 0.203. The lowest BCUT2D eigenvalue weighted by Crippen LogP contribution is -2.15. The van der Waals surface area contributed by atoms with Crippen molar-refractivity contribution >= 4 is 17.3 Å². The molecule has 94 valence electrons. The second kappa shape index (κ2) is 6.12. The van der Waals surface area contributed by atoms with Crippen LogP contribution in [0.5, 0.6) is 0 Å². The van der Waals surface area contributed by atoms with Crippen molar-refractivity contribution in [1.29, 1.82) is 0 Å². The van der Waals surface area contributed by atoms with Gasteiger partial charge in [-0.3, -0.25) is 4.79 Å². The number of nitrogens with zero attached hydrogens (tertiary/aromatic N) is 1. The average Bonchev–Trinajstić information content (AvgIpc) is 2.79. The van der Waals surface area contributed by atoms with E-state index in [1.54, 1.807) is 11.3 Å². The van der Waals surface area contributed by atoms with Crippen LogP contribution < -0.4 is 0 Å². The molecular weight excluding hydrogens is 238 g/mol. The number of hydrogen-bond donors (Lipinski definition) is 0. The summed E-state index contributed by atoms with van der Waals surface area (Å²) in [6.07, 6.45) is 2.50. The van der Waals surface area contributed by atoms with Gasteiger partial charge in [0.25, 0.3) is 0 Å². The number of ether oxygens (including phenoxy) is 2. The number of rotatable bonds is 4. The SMILES string of the molecule is CCOC(=O)Cc1csc(C2CCCOC2)n1. The van der Waals surface area contributed by atoms with Gasteiger partial charge in [-0.15, -0.1) is 11.3 Å². The maximum absolute atomic E-state index is 11.3. The highest BCUT2D eigenvalue weighted by molar-refractivity contribution is 7.09. The van der Waals surface area contributed by atoms with Crippen LogP contribution in [0.25, 0.3) is 0 Å². The Bertz CT molecular complexity index is 372. The van der Waals surface area contributed by atoms with Gasteiger partial charge in [-0.05, 0) is 19.8 Å². The molecule has 0 aromatic carbocycles. The third-order valence-electron chi connectivity index (χ3n) is 2.71. The second-order valence-electron chi connectivity index (χ2n) is 4.07. The Morgan fingerprint density at radius 2 is 2.59 bits per heavy atom. The van der Waals surface area contributed by atoms with Crippen LogP contribution in [-0.4, -0.2) is 30.8 Å². The Labute approximate surface area is 105 Å².